The van der Waals surface area contributed by atoms with E-state index in [0.717, 1.165) is 38.8 Å². The van der Waals surface area contributed by atoms with Gasteiger partial charge in [-0.05, 0) is 31.7 Å². The minimum atomic E-state index is -0.464. The molecule has 1 aliphatic heterocycles. The number of halogens is 1. The molecule has 0 unspecified atom stereocenters. The SMILES string of the molecule is O=C(NC1(c2ccccc2F)CC1)N1CCCCCC1. The Balaban J connectivity index is 1.70. The van der Waals surface area contributed by atoms with Crippen LogP contribution in [0.1, 0.15) is 44.1 Å². The number of likely N-dealkylation sites (tertiary alicyclic amines) is 1. The summed E-state index contributed by atoms with van der Waals surface area (Å²) in [6, 6.07) is 6.73. The summed E-state index contributed by atoms with van der Waals surface area (Å²) in [4.78, 5) is 14.3. The number of amides is 2. The third kappa shape index (κ3) is 2.65. The van der Waals surface area contributed by atoms with Crippen molar-refractivity contribution in [2.75, 3.05) is 13.1 Å². The van der Waals surface area contributed by atoms with Gasteiger partial charge < -0.3 is 10.2 Å². The first-order valence-corrected chi connectivity index (χ1v) is 7.53. The Morgan fingerprint density at radius 1 is 1.10 bits per heavy atom. The molecule has 1 aliphatic carbocycles. The molecule has 108 valence electrons. The van der Waals surface area contributed by atoms with Gasteiger partial charge in [0.1, 0.15) is 5.82 Å². The van der Waals surface area contributed by atoms with Gasteiger partial charge in [-0.3, -0.25) is 0 Å². The number of carbonyl (C=O) groups is 1. The lowest BCUT2D eigenvalue weighted by molar-refractivity contribution is 0.194. The summed E-state index contributed by atoms with van der Waals surface area (Å²) in [6.07, 6.45) is 6.19. The maximum absolute atomic E-state index is 13.9. The molecule has 1 heterocycles. The number of nitrogens with one attached hydrogen (secondary N) is 1. The van der Waals surface area contributed by atoms with Crippen LogP contribution < -0.4 is 5.32 Å². The Morgan fingerprint density at radius 3 is 2.35 bits per heavy atom. The average molecular weight is 276 g/mol. The second-order valence-electron chi connectivity index (χ2n) is 5.89. The van der Waals surface area contributed by atoms with Gasteiger partial charge in [0.15, 0.2) is 0 Å². The molecule has 20 heavy (non-hydrogen) atoms. The molecule has 1 saturated heterocycles. The summed E-state index contributed by atoms with van der Waals surface area (Å²) in [7, 11) is 0. The summed E-state index contributed by atoms with van der Waals surface area (Å²) < 4.78 is 13.9. The molecule has 0 radical (unpaired) electrons. The number of hydrogen-bond acceptors (Lipinski definition) is 1. The first-order valence-electron chi connectivity index (χ1n) is 7.53. The highest BCUT2D eigenvalue weighted by atomic mass is 19.1. The van der Waals surface area contributed by atoms with Gasteiger partial charge >= 0.3 is 6.03 Å². The largest absolute Gasteiger partial charge is 0.328 e. The monoisotopic (exact) mass is 276 g/mol. The van der Waals surface area contributed by atoms with Crippen molar-refractivity contribution in [1.82, 2.24) is 10.2 Å². The lowest BCUT2D eigenvalue weighted by Crippen LogP contribution is -2.45. The van der Waals surface area contributed by atoms with E-state index >= 15 is 0 Å². The molecule has 2 aliphatic rings. The molecule has 3 nitrogen and oxygen atoms in total. The smallest absolute Gasteiger partial charge is 0.318 e. The number of urea groups is 1. The predicted molar refractivity (Wildman–Crippen MR) is 75.9 cm³/mol. The van der Waals surface area contributed by atoms with E-state index in [2.05, 4.69) is 5.32 Å². The van der Waals surface area contributed by atoms with Gasteiger partial charge in [-0.1, -0.05) is 31.0 Å². The fourth-order valence-electron chi connectivity index (χ4n) is 2.99. The number of hydrogen-bond donors (Lipinski definition) is 1. The van der Waals surface area contributed by atoms with Gasteiger partial charge in [0, 0.05) is 18.7 Å². The maximum Gasteiger partial charge on any atom is 0.318 e. The first-order chi connectivity index (χ1) is 9.71. The van der Waals surface area contributed by atoms with Crippen molar-refractivity contribution >= 4 is 6.03 Å². The van der Waals surface area contributed by atoms with Crippen molar-refractivity contribution in [3.05, 3.63) is 35.6 Å². The Kier molecular flexibility index (Phi) is 3.64. The summed E-state index contributed by atoms with van der Waals surface area (Å²) in [5.74, 6) is -0.221. The molecule has 0 atom stereocenters. The number of carbonyl (C=O) groups excluding carboxylic acids is 1. The Labute approximate surface area is 119 Å². The molecule has 1 aromatic rings. The van der Waals surface area contributed by atoms with Gasteiger partial charge in [0.25, 0.3) is 0 Å². The Morgan fingerprint density at radius 2 is 1.75 bits per heavy atom. The van der Waals surface area contributed by atoms with E-state index in [0.29, 0.717) is 5.56 Å². The van der Waals surface area contributed by atoms with Crippen LogP contribution in [0, 0.1) is 5.82 Å². The second kappa shape index (κ2) is 5.43. The quantitative estimate of drug-likeness (QED) is 0.882. The topological polar surface area (TPSA) is 32.3 Å². The van der Waals surface area contributed by atoms with Crippen LogP contribution in [0.15, 0.2) is 24.3 Å². The number of nitrogens with zero attached hydrogens (tertiary/aromatic N) is 1. The molecule has 4 heteroatoms. The maximum atomic E-state index is 13.9. The molecule has 0 bridgehead atoms. The lowest BCUT2D eigenvalue weighted by Gasteiger charge is -2.25. The van der Waals surface area contributed by atoms with Crippen LogP contribution in [-0.4, -0.2) is 24.0 Å². The van der Waals surface area contributed by atoms with Gasteiger partial charge in [-0.15, -0.1) is 0 Å². The highest BCUT2D eigenvalue weighted by Crippen LogP contribution is 2.46. The average Bonchev–Trinajstić information content (AvgIpc) is 3.23. The standard InChI is InChI=1S/C16H21FN2O/c17-14-8-4-3-7-13(14)16(9-10-16)18-15(20)19-11-5-1-2-6-12-19/h3-4,7-8H,1-2,5-6,9-12H2,(H,18,20). The summed E-state index contributed by atoms with van der Waals surface area (Å²) in [5.41, 5.74) is 0.164. The van der Waals surface area contributed by atoms with Crippen LogP contribution in [0.2, 0.25) is 0 Å². The first kappa shape index (κ1) is 13.4. The molecule has 2 amide bonds. The van der Waals surface area contributed by atoms with Gasteiger partial charge in [0.05, 0.1) is 5.54 Å². The van der Waals surface area contributed by atoms with E-state index in [1.807, 2.05) is 11.0 Å². The van der Waals surface area contributed by atoms with Crippen molar-refractivity contribution in [3.8, 4) is 0 Å². The van der Waals surface area contributed by atoms with Crippen molar-refractivity contribution in [3.63, 3.8) is 0 Å². The van der Waals surface area contributed by atoms with Crippen molar-refractivity contribution < 1.29 is 9.18 Å². The lowest BCUT2D eigenvalue weighted by atomic mass is 10.0. The van der Waals surface area contributed by atoms with E-state index in [1.165, 1.54) is 18.9 Å². The highest BCUT2D eigenvalue weighted by molar-refractivity contribution is 5.76. The molecule has 3 rings (SSSR count). The fraction of sp³-hybridized carbons (Fsp3) is 0.562. The molecule has 1 N–H and O–H groups in total. The van der Waals surface area contributed by atoms with Crippen LogP contribution in [0.3, 0.4) is 0 Å². The third-order valence-corrected chi connectivity index (χ3v) is 4.38. The van der Waals surface area contributed by atoms with Gasteiger partial charge in [-0.25, -0.2) is 9.18 Å². The van der Waals surface area contributed by atoms with Crippen LogP contribution in [0.4, 0.5) is 9.18 Å². The molecule has 2 fully saturated rings. The van der Waals surface area contributed by atoms with E-state index in [1.54, 1.807) is 12.1 Å². The van der Waals surface area contributed by atoms with Crippen molar-refractivity contribution in [2.24, 2.45) is 0 Å². The minimum absolute atomic E-state index is 0.0346. The van der Waals surface area contributed by atoms with Crippen molar-refractivity contribution in [1.29, 1.82) is 0 Å². The van der Waals surface area contributed by atoms with Gasteiger partial charge in [0.2, 0.25) is 0 Å². The van der Waals surface area contributed by atoms with Crippen LogP contribution in [-0.2, 0) is 5.54 Å². The zero-order valence-corrected chi connectivity index (χ0v) is 11.7. The van der Waals surface area contributed by atoms with Crippen LogP contribution >= 0.6 is 0 Å². The molecular weight excluding hydrogens is 255 g/mol. The molecule has 1 aromatic carbocycles. The third-order valence-electron chi connectivity index (χ3n) is 4.38. The van der Waals surface area contributed by atoms with E-state index < -0.39 is 5.54 Å². The second-order valence-corrected chi connectivity index (χ2v) is 5.89. The predicted octanol–water partition coefficient (Wildman–Crippen LogP) is 3.40. The number of benzene rings is 1. The summed E-state index contributed by atoms with van der Waals surface area (Å²) >= 11 is 0. The number of rotatable bonds is 2. The van der Waals surface area contributed by atoms with E-state index in [-0.39, 0.29) is 11.8 Å². The van der Waals surface area contributed by atoms with Crippen LogP contribution in [0.5, 0.6) is 0 Å². The van der Waals surface area contributed by atoms with Crippen LogP contribution in [0.25, 0.3) is 0 Å². The molecule has 0 spiro atoms. The Hall–Kier alpha value is -1.58. The molecular formula is C16H21FN2O. The summed E-state index contributed by atoms with van der Waals surface area (Å²) in [5, 5.41) is 3.07. The highest BCUT2D eigenvalue weighted by Gasteiger charge is 2.47. The van der Waals surface area contributed by atoms with Crippen molar-refractivity contribution in [2.45, 2.75) is 44.1 Å². The van der Waals surface area contributed by atoms with Gasteiger partial charge in [-0.2, -0.15) is 0 Å². The normalized spacial score (nSPS) is 21.1. The molecule has 1 saturated carbocycles. The minimum Gasteiger partial charge on any atom is -0.328 e. The van der Waals surface area contributed by atoms with E-state index in [4.69, 9.17) is 0 Å². The zero-order chi connectivity index (χ0) is 14.0. The van der Waals surface area contributed by atoms with E-state index in [9.17, 15) is 9.18 Å². The summed E-state index contributed by atoms with van der Waals surface area (Å²) in [6.45, 7) is 1.64. The molecule has 0 aromatic heterocycles. The Bertz CT molecular complexity index is 491. The fourth-order valence-corrected chi connectivity index (χ4v) is 2.99. The zero-order valence-electron chi connectivity index (χ0n) is 11.7.